The first kappa shape index (κ1) is 21.1. The van der Waals surface area contributed by atoms with Crippen molar-refractivity contribution in [1.29, 1.82) is 0 Å². The highest BCUT2D eigenvalue weighted by Gasteiger charge is 2.30. The number of nitrogens with zero attached hydrogens (tertiary/aromatic N) is 2. The second-order valence-corrected chi connectivity index (χ2v) is 9.48. The molecule has 3 N–H and O–H groups in total. The van der Waals surface area contributed by atoms with Gasteiger partial charge >= 0.3 is 0 Å². The van der Waals surface area contributed by atoms with Crippen LogP contribution in [0.3, 0.4) is 0 Å². The number of nitrogens with one attached hydrogen (secondary N) is 1. The first-order chi connectivity index (χ1) is 14.8. The van der Waals surface area contributed by atoms with E-state index < -0.39 is 22.0 Å². The highest BCUT2D eigenvalue weighted by Crippen LogP contribution is 2.33. The number of amides is 2. The number of benzene rings is 2. The first-order valence-corrected chi connectivity index (χ1v) is 11.5. The van der Waals surface area contributed by atoms with Crippen molar-refractivity contribution in [3.8, 4) is 5.75 Å². The van der Waals surface area contributed by atoms with E-state index in [0.717, 1.165) is 12.8 Å². The first-order valence-electron chi connectivity index (χ1n) is 10.0. The van der Waals surface area contributed by atoms with E-state index in [1.54, 1.807) is 35.2 Å². The molecule has 31 heavy (non-hydrogen) atoms. The van der Waals surface area contributed by atoms with Crippen LogP contribution in [0.5, 0.6) is 5.75 Å². The molecular weight excluding hydrogens is 420 g/mol. The van der Waals surface area contributed by atoms with E-state index in [0.29, 0.717) is 30.2 Å². The molecule has 0 aliphatic carbocycles. The number of fused-ring (bicyclic) bond motifs is 1. The van der Waals surface area contributed by atoms with Gasteiger partial charge in [0.2, 0.25) is 15.9 Å². The molecule has 2 heterocycles. The molecule has 0 bridgehead atoms. The lowest BCUT2D eigenvalue weighted by Crippen LogP contribution is -2.49. The van der Waals surface area contributed by atoms with Gasteiger partial charge in [-0.05, 0) is 43.2 Å². The molecule has 1 unspecified atom stereocenters. The summed E-state index contributed by atoms with van der Waals surface area (Å²) in [5, 5.41) is 2.75. The zero-order chi connectivity index (χ0) is 22.0. The number of sulfonamides is 1. The number of primary amides is 1. The lowest BCUT2D eigenvalue weighted by Gasteiger charge is -2.34. The summed E-state index contributed by atoms with van der Waals surface area (Å²) in [5.41, 5.74) is 6.47. The number of para-hydroxylation sites is 2. The van der Waals surface area contributed by atoms with E-state index in [-0.39, 0.29) is 23.9 Å². The average Bonchev–Trinajstić information content (AvgIpc) is 3.29. The van der Waals surface area contributed by atoms with Crippen LogP contribution in [0.1, 0.15) is 12.8 Å². The maximum Gasteiger partial charge on any atom is 0.260 e. The van der Waals surface area contributed by atoms with Gasteiger partial charge in [0.05, 0.1) is 23.7 Å². The van der Waals surface area contributed by atoms with Crippen LogP contribution < -0.4 is 20.7 Å². The Kier molecular flexibility index (Phi) is 5.84. The van der Waals surface area contributed by atoms with Gasteiger partial charge in [-0.25, -0.2) is 8.42 Å². The molecule has 2 aliphatic rings. The molecule has 0 saturated carbocycles. The van der Waals surface area contributed by atoms with Gasteiger partial charge in [0.15, 0.2) is 6.10 Å². The topological polar surface area (TPSA) is 122 Å². The Morgan fingerprint density at radius 3 is 2.58 bits per heavy atom. The molecule has 0 spiro atoms. The minimum atomic E-state index is -3.58. The standard InChI is InChI=1S/C21H24N4O5S/c22-21(27)19-13-24(17-8-1-2-9-18(17)30-19)14-20(26)23-15-6-5-7-16(12-15)31(28,29)25-10-3-4-11-25/h1-2,5-9,12,19H,3-4,10-11,13-14H2,(H2,22,27)(H,23,26). The summed E-state index contributed by atoms with van der Waals surface area (Å²) in [6.07, 6.45) is 0.836. The number of carbonyl (C=O) groups excluding carboxylic acids is 2. The predicted molar refractivity (Wildman–Crippen MR) is 115 cm³/mol. The van der Waals surface area contributed by atoms with Crippen LogP contribution in [-0.4, -0.2) is 56.8 Å². The van der Waals surface area contributed by atoms with Crippen molar-refractivity contribution in [3.05, 3.63) is 48.5 Å². The van der Waals surface area contributed by atoms with E-state index in [1.807, 2.05) is 6.07 Å². The number of rotatable bonds is 6. The van der Waals surface area contributed by atoms with Crippen LogP contribution in [-0.2, 0) is 19.6 Å². The molecule has 10 heteroatoms. The minimum Gasteiger partial charge on any atom is -0.477 e. The van der Waals surface area contributed by atoms with Gasteiger partial charge in [-0.15, -0.1) is 0 Å². The maximum atomic E-state index is 12.8. The molecular formula is C21H24N4O5S. The fourth-order valence-electron chi connectivity index (χ4n) is 3.79. The molecule has 164 valence electrons. The molecule has 4 rings (SSSR count). The highest BCUT2D eigenvalue weighted by molar-refractivity contribution is 7.89. The Hall–Kier alpha value is -3.11. The van der Waals surface area contributed by atoms with Crippen molar-refractivity contribution >= 4 is 33.2 Å². The van der Waals surface area contributed by atoms with E-state index in [1.165, 1.54) is 16.4 Å². The Morgan fingerprint density at radius 1 is 1.10 bits per heavy atom. The summed E-state index contributed by atoms with van der Waals surface area (Å²) in [6, 6.07) is 13.3. The van der Waals surface area contributed by atoms with Crippen LogP contribution in [0.15, 0.2) is 53.4 Å². The van der Waals surface area contributed by atoms with Gasteiger partial charge in [0.25, 0.3) is 5.91 Å². The predicted octanol–water partition coefficient (Wildman–Crippen LogP) is 1.16. The SMILES string of the molecule is NC(=O)C1CN(CC(=O)Nc2cccc(S(=O)(=O)N3CCCC3)c2)c2ccccc2O1. The monoisotopic (exact) mass is 444 g/mol. The van der Waals surface area contributed by atoms with Crippen molar-refractivity contribution in [3.63, 3.8) is 0 Å². The normalized spacial score (nSPS) is 18.8. The zero-order valence-electron chi connectivity index (χ0n) is 16.9. The van der Waals surface area contributed by atoms with Gasteiger partial charge in [-0.2, -0.15) is 4.31 Å². The van der Waals surface area contributed by atoms with Crippen LogP contribution in [0.2, 0.25) is 0 Å². The lowest BCUT2D eigenvalue weighted by molar-refractivity contribution is -0.125. The summed E-state index contributed by atoms with van der Waals surface area (Å²) in [4.78, 5) is 26.2. The van der Waals surface area contributed by atoms with Crippen molar-refractivity contribution < 1.29 is 22.7 Å². The van der Waals surface area contributed by atoms with E-state index >= 15 is 0 Å². The molecule has 2 amide bonds. The molecule has 1 atom stereocenters. The summed E-state index contributed by atoms with van der Waals surface area (Å²) >= 11 is 0. The van der Waals surface area contributed by atoms with E-state index in [4.69, 9.17) is 10.5 Å². The second kappa shape index (κ2) is 8.56. The summed E-state index contributed by atoms with van der Waals surface area (Å²) in [7, 11) is -3.58. The third kappa shape index (κ3) is 4.49. The Balaban J connectivity index is 1.49. The zero-order valence-corrected chi connectivity index (χ0v) is 17.7. The fraction of sp³-hybridized carbons (Fsp3) is 0.333. The highest BCUT2D eigenvalue weighted by atomic mass is 32.2. The maximum absolute atomic E-state index is 12.8. The molecule has 0 aromatic heterocycles. The lowest BCUT2D eigenvalue weighted by atomic mass is 10.1. The number of ether oxygens (including phenoxy) is 1. The molecule has 2 aromatic rings. The van der Waals surface area contributed by atoms with Crippen LogP contribution >= 0.6 is 0 Å². The number of nitrogens with two attached hydrogens (primary N) is 1. The van der Waals surface area contributed by atoms with Crippen molar-refractivity contribution in [2.24, 2.45) is 5.73 Å². The van der Waals surface area contributed by atoms with Gasteiger partial charge in [-0.3, -0.25) is 9.59 Å². The number of hydrogen-bond acceptors (Lipinski definition) is 6. The molecule has 1 saturated heterocycles. The van der Waals surface area contributed by atoms with Crippen LogP contribution in [0.25, 0.3) is 0 Å². The Bertz CT molecular complexity index is 1100. The molecule has 0 radical (unpaired) electrons. The largest absolute Gasteiger partial charge is 0.477 e. The van der Waals surface area contributed by atoms with E-state index in [9.17, 15) is 18.0 Å². The summed E-state index contributed by atoms with van der Waals surface area (Å²) in [6.45, 7) is 1.11. The van der Waals surface area contributed by atoms with E-state index in [2.05, 4.69) is 5.32 Å². The Morgan fingerprint density at radius 2 is 1.84 bits per heavy atom. The molecule has 9 nitrogen and oxygen atoms in total. The van der Waals surface area contributed by atoms with Crippen molar-refractivity contribution in [1.82, 2.24) is 4.31 Å². The van der Waals surface area contributed by atoms with Gasteiger partial charge in [0, 0.05) is 18.8 Å². The third-order valence-electron chi connectivity index (χ3n) is 5.33. The van der Waals surface area contributed by atoms with Gasteiger partial charge in [0.1, 0.15) is 5.75 Å². The second-order valence-electron chi connectivity index (χ2n) is 7.54. The van der Waals surface area contributed by atoms with Crippen LogP contribution in [0.4, 0.5) is 11.4 Å². The van der Waals surface area contributed by atoms with Crippen LogP contribution in [0, 0.1) is 0 Å². The molecule has 2 aliphatic heterocycles. The van der Waals surface area contributed by atoms with Gasteiger partial charge in [-0.1, -0.05) is 18.2 Å². The molecule has 2 aromatic carbocycles. The summed E-state index contributed by atoms with van der Waals surface area (Å²) in [5.74, 6) is -0.487. The average molecular weight is 445 g/mol. The number of carbonyl (C=O) groups is 2. The Labute approximate surface area is 180 Å². The smallest absolute Gasteiger partial charge is 0.260 e. The number of hydrogen-bond donors (Lipinski definition) is 2. The van der Waals surface area contributed by atoms with Crippen molar-refractivity contribution in [2.75, 3.05) is 36.4 Å². The third-order valence-corrected chi connectivity index (χ3v) is 7.23. The quantitative estimate of drug-likeness (QED) is 0.690. The minimum absolute atomic E-state index is 0.0484. The fourth-order valence-corrected chi connectivity index (χ4v) is 5.35. The summed E-state index contributed by atoms with van der Waals surface area (Å²) < 4.78 is 32.6. The molecule has 1 fully saturated rings. The van der Waals surface area contributed by atoms with Crippen molar-refractivity contribution in [2.45, 2.75) is 23.8 Å². The van der Waals surface area contributed by atoms with Gasteiger partial charge < -0.3 is 20.7 Å². The number of anilines is 2.